The number of hydrogen-bond donors (Lipinski definition) is 1. The second kappa shape index (κ2) is 5.82. The van der Waals surface area contributed by atoms with E-state index in [1.54, 1.807) is 12.3 Å². The lowest BCUT2D eigenvalue weighted by Gasteiger charge is -2.22. The van der Waals surface area contributed by atoms with Crippen LogP contribution in [-0.4, -0.2) is 12.6 Å². The first-order valence-corrected chi connectivity index (χ1v) is 6.05. The van der Waals surface area contributed by atoms with Crippen LogP contribution in [0.3, 0.4) is 0 Å². The maximum absolute atomic E-state index is 13.5. The molecule has 1 heterocycles. The van der Waals surface area contributed by atoms with Crippen molar-refractivity contribution in [3.8, 4) is 0 Å². The van der Waals surface area contributed by atoms with Crippen molar-refractivity contribution in [1.29, 1.82) is 0 Å². The molecule has 2 rings (SSSR count). The molecule has 0 saturated heterocycles. The van der Waals surface area contributed by atoms with E-state index < -0.39 is 0 Å². The fraction of sp³-hybridized carbons (Fsp3) is 0.429. The van der Waals surface area contributed by atoms with E-state index in [1.165, 1.54) is 6.07 Å². The number of nitrogens with one attached hydrogen (secondary N) is 1. The SMILES string of the molecule is CC(NCC1CCC=CO1)c1ccccc1F. The summed E-state index contributed by atoms with van der Waals surface area (Å²) in [5.41, 5.74) is 0.707. The van der Waals surface area contributed by atoms with Gasteiger partial charge >= 0.3 is 0 Å². The molecule has 0 bridgehead atoms. The van der Waals surface area contributed by atoms with E-state index in [9.17, 15) is 4.39 Å². The lowest BCUT2D eigenvalue weighted by Crippen LogP contribution is -2.31. The highest BCUT2D eigenvalue weighted by Crippen LogP contribution is 2.17. The highest BCUT2D eigenvalue weighted by molar-refractivity contribution is 5.20. The molecule has 1 aromatic carbocycles. The summed E-state index contributed by atoms with van der Waals surface area (Å²) in [5.74, 6) is -0.156. The lowest BCUT2D eigenvalue weighted by atomic mass is 10.1. The van der Waals surface area contributed by atoms with Crippen LogP contribution in [0.2, 0.25) is 0 Å². The maximum Gasteiger partial charge on any atom is 0.127 e. The molecule has 0 radical (unpaired) electrons. The molecule has 0 aromatic heterocycles. The minimum Gasteiger partial charge on any atom is -0.497 e. The largest absolute Gasteiger partial charge is 0.497 e. The van der Waals surface area contributed by atoms with Gasteiger partial charge in [0.1, 0.15) is 11.9 Å². The van der Waals surface area contributed by atoms with Crippen molar-refractivity contribution in [1.82, 2.24) is 5.32 Å². The lowest BCUT2D eigenvalue weighted by molar-refractivity contribution is 0.119. The number of ether oxygens (including phenoxy) is 1. The van der Waals surface area contributed by atoms with Crippen LogP contribution in [0.4, 0.5) is 4.39 Å². The van der Waals surface area contributed by atoms with Crippen LogP contribution in [0.5, 0.6) is 0 Å². The van der Waals surface area contributed by atoms with Crippen LogP contribution in [0, 0.1) is 5.82 Å². The average Bonchev–Trinajstić information content (AvgIpc) is 2.38. The van der Waals surface area contributed by atoms with Crippen molar-refractivity contribution in [2.24, 2.45) is 0 Å². The molecule has 1 aromatic rings. The first-order valence-electron chi connectivity index (χ1n) is 6.05. The normalized spacial score (nSPS) is 20.9. The molecule has 1 aliphatic rings. The first-order chi connectivity index (χ1) is 8.27. The molecule has 0 saturated carbocycles. The van der Waals surface area contributed by atoms with Gasteiger partial charge in [-0.3, -0.25) is 0 Å². The fourth-order valence-corrected chi connectivity index (χ4v) is 1.98. The minimum atomic E-state index is -0.156. The van der Waals surface area contributed by atoms with E-state index in [0.717, 1.165) is 19.4 Å². The molecular formula is C14H18FNO. The molecule has 0 spiro atoms. The number of benzene rings is 1. The summed E-state index contributed by atoms with van der Waals surface area (Å²) in [6.45, 7) is 2.72. The molecule has 2 atom stereocenters. The van der Waals surface area contributed by atoms with Crippen LogP contribution >= 0.6 is 0 Å². The van der Waals surface area contributed by atoms with Crippen molar-refractivity contribution < 1.29 is 9.13 Å². The highest BCUT2D eigenvalue weighted by Gasteiger charge is 2.14. The zero-order valence-corrected chi connectivity index (χ0v) is 10.0. The van der Waals surface area contributed by atoms with Gasteiger partial charge in [0, 0.05) is 18.2 Å². The Bertz CT molecular complexity index is 392. The second-order valence-corrected chi connectivity index (χ2v) is 4.36. The number of halogens is 1. The first kappa shape index (κ1) is 12.1. The van der Waals surface area contributed by atoms with Gasteiger partial charge in [-0.2, -0.15) is 0 Å². The van der Waals surface area contributed by atoms with Gasteiger partial charge in [0.25, 0.3) is 0 Å². The van der Waals surface area contributed by atoms with Crippen molar-refractivity contribution in [3.63, 3.8) is 0 Å². The molecule has 17 heavy (non-hydrogen) atoms. The van der Waals surface area contributed by atoms with Gasteiger partial charge in [-0.1, -0.05) is 18.2 Å². The van der Waals surface area contributed by atoms with Gasteiger partial charge in [0.2, 0.25) is 0 Å². The number of rotatable bonds is 4. The molecule has 1 N–H and O–H groups in total. The molecule has 1 aliphatic heterocycles. The molecule has 2 nitrogen and oxygen atoms in total. The maximum atomic E-state index is 13.5. The number of hydrogen-bond acceptors (Lipinski definition) is 2. The monoisotopic (exact) mass is 235 g/mol. The summed E-state index contributed by atoms with van der Waals surface area (Å²) in [5, 5.41) is 3.31. The number of allylic oxidation sites excluding steroid dienone is 1. The van der Waals surface area contributed by atoms with Crippen LogP contribution in [0.1, 0.15) is 31.4 Å². The standard InChI is InChI=1S/C14H18FNO/c1-11(13-7-2-3-8-14(13)15)16-10-12-6-4-5-9-17-12/h2-3,5,7-9,11-12,16H,4,6,10H2,1H3. The predicted octanol–water partition coefficient (Wildman–Crippen LogP) is 3.17. The van der Waals surface area contributed by atoms with E-state index in [1.807, 2.05) is 25.1 Å². The zero-order chi connectivity index (χ0) is 12.1. The summed E-state index contributed by atoms with van der Waals surface area (Å²) < 4.78 is 19.0. The van der Waals surface area contributed by atoms with Gasteiger partial charge in [-0.15, -0.1) is 0 Å². The van der Waals surface area contributed by atoms with E-state index in [0.29, 0.717) is 5.56 Å². The van der Waals surface area contributed by atoms with Crippen molar-refractivity contribution in [2.45, 2.75) is 31.9 Å². The van der Waals surface area contributed by atoms with Gasteiger partial charge in [-0.25, -0.2) is 4.39 Å². The Morgan fingerprint density at radius 2 is 2.29 bits per heavy atom. The van der Waals surface area contributed by atoms with Crippen molar-refractivity contribution in [2.75, 3.05) is 6.54 Å². The highest BCUT2D eigenvalue weighted by atomic mass is 19.1. The Kier molecular flexibility index (Phi) is 4.15. The third kappa shape index (κ3) is 3.30. The third-order valence-electron chi connectivity index (χ3n) is 3.05. The summed E-state index contributed by atoms with van der Waals surface area (Å²) in [6, 6.07) is 6.88. The van der Waals surface area contributed by atoms with Crippen LogP contribution in [-0.2, 0) is 4.74 Å². The third-order valence-corrected chi connectivity index (χ3v) is 3.05. The molecule has 0 amide bonds. The smallest absolute Gasteiger partial charge is 0.127 e. The molecule has 0 fully saturated rings. The summed E-state index contributed by atoms with van der Waals surface area (Å²) in [7, 11) is 0. The summed E-state index contributed by atoms with van der Waals surface area (Å²) in [4.78, 5) is 0. The molecular weight excluding hydrogens is 217 g/mol. The van der Waals surface area contributed by atoms with E-state index >= 15 is 0 Å². The Balaban J connectivity index is 1.87. The van der Waals surface area contributed by atoms with E-state index in [4.69, 9.17) is 4.74 Å². The van der Waals surface area contributed by atoms with Crippen LogP contribution in [0.25, 0.3) is 0 Å². The van der Waals surface area contributed by atoms with Crippen molar-refractivity contribution >= 4 is 0 Å². The van der Waals surface area contributed by atoms with Gasteiger partial charge in [-0.05, 0) is 31.9 Å². The topological polar surface area (TPSA) is 21.3 Å². The summed E-state index contributed by atoms with van der Waals surface area (Å²) >= 11 is 0. The van der Waals surface area contributed by atoms with Gasteiger partial charge in [0.05, 0.1) is 6.26 Å². The van der Waals surface area contributed by atoms with Gasteiger partial charge < -0.3 is 10.1 Å². The molecule has 3 heteroatoms. The van der Waals surface area contributed by atoms with Crippen LogP contribution in [0.15, 0.2) is 36.6 Å². The fourth-order valence-electron chi connectivity index (χ4n) is 1.98. The van der Waals surface area contributed by atoms with E-state index in [2.05, 4.69) is 5.32 Å². The Labute approximate surface area is 101 Å². The average molecular weight is 235 g/mol. The Morgan fingerprint density at radius 3 is 3.00 bits per heavy atom. The van der Waals surface area contributed by atoms with E-state index in [-0.39, 0.29) is 18.0 Å². The second-order valence-electron chi connectivity index (χ2n) is 4.36. The predicted molar refractivity (Wildman–Crippen MR) is 66.1 cm³/mol. The van der Waals surface area contributed by atoms with Gasteiger partial charge in [0.15, 0.2) is 0 Å². The molecule has 2 unspecified atom stereocenters. The zero-order valence-electron chi connectivity index (χ0n) is 10.0. The quantitative estimate of drug-likeness (QED) is 0.865. The molecule has 92 valence electrons. The minimum absolute atomic E-state index is 0.00528. The van der Waals surface area contributed by atoms with Crippen LogP contribution < -0.4 is 5.32 Å². The molecule has 0 aliphatic carbocycles. The Morgan fingerprint density at radius 1 is 1.47 bits per heavy atom. The Hall–Kier alpha value is -1.35. The summed E-state index contributed by atoms with van der Waals surface area (Å²) in [6.07, 6.45) is 6.06. The van der Waals surface area contributed by atoms with Crippen molar-refractivity contribution in [3.05, 3.63) is 48.0 Å².